The standard InChI is InChI=1S/C21H20ClFN4O/c1-14(2)27(13-15-6-4-3-5-7-15)20(28)19-10-11-24-21(26-19)25-16-8-9-18(23)17(22)12-16/h3-12,14H,13H2,1-2H3,(H,24,25,26). The van der Waals surface area contributed by atoms with E-state index in [4.69, 9.17) is 11.6 Å². The van der Waals surface area contributed by atoms with Gasteiger partial charge in [-0.2, -0.15) is 0 Å². The zero-order valence-electron chi connectivity index (χ0n) is 15.6. The molecule has 0 saturated carbocycles. The summed E-state index contributed by atoms with van der Waals surface area (Å²) in [6.07, 6.45) is 1.51. The highest BCUT2D eigenvalue weighted by atomic mass is 35.5. The smallest absolute Gasteiger partial charge is 0.273 e. The van der Waals surface area contributed by atoms with Gasteiger partial charge in [-0.05, 0) is 43.7 Å². The predicted molar refractivity (Wildman–Crippen MR) is 108 cm³/mol. The minimum absolute atomic E-state index is 0.00464. The second-order valence-electron chi connectivity index (χ2n) is 6.53. The van der Waals surface area contributed by atoms with Crippen LogP contribution in [0.25, 0.3) is 0 Å². The van der Waals surface area contributed by atoms with E-state index in [1.807, 2.05) is 44.2 Å². The average molecular weight is 399 g/mol. The van der Waals surface area contributed by atoms with Gasteiger partial charge in [0.05, 0.1) is 5.02 Å². The SMILES string of the molecule is CC(C)N(Cc1ccccc1)C(=O)c1ccnc(Nc2ccc(F)c(Cl)c2)n1. The molecule has 0 spiro atoms. The van der Waals surface area contributed by atoms with Crippen molar-refractivity contribution >= 4 is 29.1 Å². The van der Waals surface area contributed by atoms with Crippen molar-refractivity contribution in [3.63, 3.8) is 0 Å². The highest BCUT2D eigenvalue weighted by Gasteiger charge is 2.21. The Morgan fingerprint density at radius 2 is 1.93 bits per heavy atom. The number of anilines is 2. The molecule has 28 heavy (non-hydrogen) atoms. The Morgan fingerprint density at radius 1 is 1.18 bits per heavy atom. The molecule has 1 amide bonds. The Bertz CT molecular complexity index is 966. The van der Waals surface area contributed by atoms with Gasteiger partial charge in [-0.25, -0.2) is 14.4 Å². The number of rotatable bonds is 6. The summed E-state index contributed by atoms with van der Waals surface area (Å²) in [5, 5.41) is 2.93. The number of hydrogen-bond donors (Lipinski definition) is 1. The monoisotopic (exact) mass is 398 g/mol. The van der Waals surface area contributed by atoms with Gasteiger partial charge in [-0.3, -0.25) is 4.79 Å². The van der Waals surface area contributed by atoms with Crippen LogP contribution in [0.2, 0.25) is 5.02 Å². The van der Waals surface area contributed by atoms with Crippen molar-refractivity contribution < 1.29 is 9.18 Å². The molecule has 0 unspecified atom stereocenters. The molecule has 1 aromatic heterocycles. The summed E-state index contributed by atoms with van der Waals surface area (Å²) in [7, 11) is 0. The summed E-state index contributed by atoms with van der Waals surface area (Å²) >= 11 is 5.80. The molecular weight excluding hydrogens is 379 g/mol. The molecule has 144 valence electrons. The van der Waals surface area contributed by atoms with Crippen LogP contribution >= 0.6 is 11.6 Å². The van der Waals surface area contributed by atoms with E-state index < -0.39 is 5.82 Å². The lowest BCUT2D eigenvalue weighted by atomic mass is 10.1. The first-order chi connectivity index (χ1) is 13.4. The molecule has 1 N–H and O–H groups in total. The maximum atomic E-state index is 13.3. The molecule has 0 bridgehead atoms. The van der Waals surface area contributed by atoms with Gasteiger partial charge in [0.15, 0.2) is 0 Å². The van der Waals surface area contributed by atoms with Crippen LogP contribution < -0.4 is 5.32 Å². The van der Waals surface area contributed by atoms with E-state index in [2.05, 4.69) is 15.3 Å². The average Bonchev–Trinajstić information content (AvgIpc) is 2.69. The molecular formula is C21H20ClFN4O. The molecule has 0 aliphatic heterocycles. The number of halogens is 2. The summed E-state index contributed by atoms with van der Waals surface area (Å²) in [6, 6.07) is 15.6. The van der Waals surface area contributed by atoms with Crippen LogP contribution in [-0.2, 0) is 6.54 Å². The van der Waals surface area contributed by atoms with Gasteiger partial charge < -0.3 is 10.2 Å². The van der Waals surface area contributed by atoms with Crippen molar-refractivity contribution in [1.82, 2.24) is 14.9 Å². The summed E-state index contributed by atoms with van der Waals surface area (Å²) in [4.78, 5) is 23.2. The molecule has 0 atom stereocenters. The van der Waals surface area contributed by atoms with Crippen LogP contribution in [0.15, 0.2) is 60.8 Å². The summed E-state index contributed by atoms with van der Waals surface area (Å²) in [5.41, 5.74) is 1.84. The second kappa shape index (κ2) is 8.80. The molecule has 7 heteroatoms. The molecule has 0 fully saturated rings. The molecule has 1 heterocycles. The quantitative estimate of drug-likeness (QED) is 0.630. The van der Waals surface area contributed by atoms with Crippen molar-refractivity contribution in [3.05, 3.63) is 82.9 Å². The lowest BCUT2D eigenvalue weighted by Gasteiger charge is -2.26. The fraction of sp³-hybridized carbons (Fsp3) is 0.190. The number of hydrogen-bond acceptors (Lipinski definition) is 4. The molecule has 0 radical (unpaired) electrons. The molecule has 5 nitrogen and oxygen atoms in total. The van der Waals surface area contributed by atoms with Gasteiger partial charge in [0, 0.05) is 24.5 Å². The van der Waals surface area contributed by atoms with Crippen molar-refractivity contribution in [2.75, 3.05) is 5.32 Å². The van der Waals surface area contributed by atoms with E-state index >= 15 is 0 Å². The van der Waals surface area contributed by atoms with Gasteiger partial charge in [0.1, 0.15) is 11.5 Å². The zero-order valence-corrected chi connectivity index (χ0v) is 16.3. The predicted octanol–water partition coefficient (Wildman–Crippen LogP) is 5.06. The third kappa shape index (κ3) is 4.84. The molecule has 3 aromatic rings. The van der Waals surface area contributed by atoms with E-state index in [1.54, 1.807) is 11.0 Å². The highest BCUT2D eigenvalue weighted by molar-refractivity contribution is 6.31. The van der Waals surface area contributed by atoms with E-state index in [0.717, 1.165) is 5.56 Å². The number of nitrogens with one attached hydrogen (secondary N) is 1. The fourth-order valence-corrected chi connectivity index (χ4v) is 2.84. The van der Waals surface area contributed by atoms with Gasteiger partial charge >= 0.3 is 0 Å². The van der Waals surface area contributed by atoms with Crippen LogP contribution in [-0.4, -0.2) is 26.8 Å². The van der Waals surface area contributed by atoms with Gasteiger partial charge in [0.25, 0.3) is 5.91 Å². The van der Waals surface area contributed by atoms with Crippen LogP contribution in [0.5, 0.6) is 0 Å². The highest BCUT2D eigenvalue weighted by Crippen LogP contribution is 2.21. The van der Waals surface area contributed by atoms with Crippen molar-refractivity contribution in [2.45, 2.75) is 26.4 Å². The first-order valence-corrected chi connectivity index (χ1v) is 9.22. The third-order valence-electron chi connectivity index (χ3n) is 4.13. The summed E-state index contributed by atoms with van der Waals surface area (Å²) in [5.74, 6) is -0.469. The third-order valence-corrected chi connectivity index (χ3v) is 4.42. The molecule has 2 aromatic carbocycles. The Labute approximate surface area is 168 Å². The molecule has 0 saturated heterocycles. The van der Waals surface area contributed by atoms with E-state index in [1.165, 1.54) is 24.4 Å². The topological polar surface area (TPSA) is 58.1 Å². The lowest BCUT2D eigenvalue weighted by Crippen LogP contribution is -2.37. The summed E-state index contributed by atoms with van der Waals surface area (Å²) in [6.45, 7) is 4.40. The van der Waals surface area contributed by atoms with E-state index in [-0.39, 0.29) is 28.6 Å². The van der Waals surface area contributed by atoms with E-state index in [9.17, 15) is 9.18 Å². The van der Waals surface area contributed by atoms with Gasteiger partial charge in [-0.1, -0.05) is 41.9 Å². The molecule has 0 aliphatic carbocycles. The van der Waals surface area contributed by atoms with Gasteiger partial charge in [0.2, 0.25) is 5.95 Å². The number of carbonyl (C=O) groups is 1. The number of carbonyl (C=O) groups excluding carboxylic acids is 1. The van der Waals surface area contributed by atoms with Crippen LogP contribution in [0.1, 0.15) is 29.9 Å². The van der Waals surface area contributed by atoms with Crippen LogP contribution in [0, 0.1) is 5.82 Å². The maximum Gasteiger partial charge on any atom is 0.273 e. The largest absolute Gasteiger partial charge is 0.331 e. The molecule has 3 rings (SSSR count). The Balaban J connectivity index is 1.80. The van der Waals surface area contributed by atoms with Crippen LogP contribution in [0.4, 0.5) is 16.0 Å². The Hall–Kier alpha value is -2.99. The molecule has 0 aliphatic rings. The minimum Gasteiger partial charge on any atom is -0.331 e. The van der Waals surface area contributed by atoms with E-state index in [0.29, 0.717) is 12.2 Å². The first-order valence-electron chi connectivity index (χ1n) is 8.84. The number of nitrogens with zero attached hydrogens (tertiary/aromatic N) is 3. The number of benzene rings is 2. The fourth-order valence-electron chi connectivity index (χ4n) is 2.66. The Kier molecular flexibility index (Phi) is 6.21. The van der Waals surface area contributed by atoms with Gasteiger partial charge in [-0.15, -0.1) is 0 Å². The zero-order chi connectivity index (χ0) is 20.1. The Morgan fingerprint density at radius 3 is 2.61 bits per heavy atom. The maximum absolute atomic E-state index is 13.3. The minimum atomic E-state index is -0.509. The first kappa shape index (κ1) is 19.8. The second-order valence-corrected chi connectivity index (χ2v) is 6.94. The number of aromatic nitrogens is 2. The lowest BCUT2D eigenvalue weighted by molar-refractivity contribution is 0.0684. The van der Waals surface area contributed by atoms with Crippen molar-refractivity contribution in [1.29, 1.82) is 0 Å². The number of amides is 1. The summed E-state index contributed by atoms with van der Waals surface area (Å²) < 4.78 is 13.3. The van der Waals surface area contributed by atoms with Crippen molar-refractivity contribution in [3.8, 4) is 0 Å². The normalized spacial score (nSPS) is 10.8. The van der Waals surface area contributed by atoms with Crippen molar-refractivity contribution in [2.24, 2.45) is 0 Å². The van der Waals surface area contributed by atoms with Crippen LogP contribution in [0.3, 0.4) is 0 Å².